The summed E-state index contributed by atoms with van der Waals surface area (Å²) in [6, 6.07) is 0.953. The first-order valence-electron chi connectivity index (χ1n) is 18.8. The lowest BCUT2D eigenvalue weighted by atomic mass is 9.44. The van der Waals surface area contributed by atoms with Crippen molar-refractivity contribution in [3.8, 4) is 0 Å². The van der Waals surface area contributed by atoms with Crippen LogP contribution in [0.1, 0.15) is 105 Å². The molecule has 4 fully saturated rings. The number of fused-ring (bicyclic) bond motifs is 5. The summed E-state index contributed by atoms with van der Waals surface area (Å²) in [6.07, 6.45) is 15.8. The average Bonchev–Trinajstić information content (AvgIpc) is 3.33. The summed E-state index contributed by atoms with van der Waals surface area (Å²) in [5.74, 6) is 4.77. The standard InChI is InChI=1S/C36H71N7O/c1-27(2)43-34(44)7-5-6-28-9-11-32-31-10-8-29-26-30(12-14-36(29,4)33(31)13-15-35(28,32)3)42-25-24-41-23-22-40-21-20-39-19-18-38-17-16-37/h27-33,38-42H,5-26,37H2,1-4H3,(H,43,44)/t28-,29?,30-,31?,32?,33?,35+,36-/m0/s1. The fraction of sp³-hybridized carbons (Fsp3) is 0.972. The van der Waals surface area contributed by atoms with Crippen LogP contribution >= 0.6 is 0 Å². The Kier molecular flexibility index (Phi) is 14.7. The van der Waals surface area contributed by atoms with E-state index in [1.54, 1.807) is 0 Å². The van der Waals surface area contributed by atoms with Crippen molar-refractivity contribution in [2.24, 2.45) is 46.2 Å². The molecule has 0 saturated heterocycles. The maximum atomic E-state index is 12.2. The highest BCUT2D eigenvalue weighted by molar-refractivity contribution is 5.76. The van der Waals surface area contributed by atoms with Gasteiger partial charge in [0.05, 0.1) is 0 Å². The third-order valence-electron chi connectivity index (χ3n) is 12.8. The van der Waals surface area contributed by atoms with Crippen molar-refractivity contribution in [1.29, 1.82) is 0 Å². The Labute approximate surface area is 270 Å². The molecule has 0 spiro atoms. The zero-order chi connectivity index (χ0) is 31.4. The third kappa shape index (κ3) is 9.63. The van der Waals surface area contributed by atoms with Gasteiger partial charge in [-0.3, -0.25) is 4.79 Å². The van der Waals surface area contributed by atoms with Crippen molar-refractivity contribution in [2.75, 3.05) is 65.4 Å². The SMILES string of the molecule is CC(C)NC(=O)CCC[C@H]1CCC2C3CCC4C[C@@H](NCCNCCNCCNCCNCCN)CC[C@]4(C)C3CC[C@@]21C. The molecule has 0 aromatic carbocycles. The van der Waals surface area contributed by atoms with Crippen LogP contribution in [-0.2, 0) is 4.79 Å². The molecule has 8 N–H and O–H groups in total. The molecule has 44 heavy (non-hydrogen) atoms. The Morgan fingerprint density at radius 2 is 1.36 bits per heavy atom. The minimum atomic E-state index is 0.242. The minimum absolute atomic E-state index is 0.242. The maximum Gasteiger partial charge on any atom is 0.220 e. The molecule has 1 amide bonds. The average molecular weight is 618 g/mol. The van der Waals surface area contributed by atoms with Crippen molar-refractivity contribution in [2.45, 2.75) is 117 Å². The van der Waals surface area contributed by atoms with Crippen LogP contribution in [-0.4, -0.2) is 83.4 Å². The quantitative estimate of drug-likeness (QED) is 0.104. The van der Waals surface area contributed by atoms with Gasteiger partial charge in [0.15, 0.2) is 0 Å². The summed E-state index contributed by atoms with van der Waals surface area (Å²) < 4.78 is 0. The van der Waals surface area contributed by atoms with E-state index < -0.39 is 0 Å². The second-order valence-corrected chi connectivity index (χ2v) is 15.8. The van der Waals surface area contributed by atoms with E-state index in [9.17, 15) is 4.79 Å². The molecule has 4 rings (SSSR count). The Morgan fingerprint density at radius 3 is 2.02 bits per heavy atom. The molecule has 4 aliphatic carbocycles. The van der Waals surface area contributed by atoms with E-state index in [1.165, 1.54) is 64.2 Å². The third-order valence-corrected chi connectivity index (χ3v) is 12.8. The van der Waals surface area contributed by atoms with Crippen LogP contribution in [0.3, 0.4) is 0 Å². The Morgan fingerprint density at radius 1 is 0.750 bits per heavy atom. The highest BCUT2D eigenvalue weighted by Crippen LogP contribution is 2.67. The number of rotatable bonds is 20. The number of carbonyl (C=O) groups excluding carboxylic acids is 1. The number of hydrogen-bond donors (Lipinski definition) is 7. The Balaban J connectivity index is 1.10. The molecule has 8 atom stereocenters. The van der Waals surface area contributed by atoms with Gasteiger partial charge in [0.2, 0.25) is 5.91 Å². The molecule has 0 aromatic rings. The zero-order valence-corrected chi connectivity index (χ0v) is 29.1. The first kappa shape index (κ1) is 36.1. The lowest BCUT2D eigenvalue weighted by Crippen LogP contribution is -2.55. The molecule has 4 unspecified atom stereocenters. The van der Waals surface area contributed by atoms with E-state index in [1.807, 2.05) is 0 Å². The molecular weight excluding hydrogens is 546 g/mol. The second-order valence-electron chi connectivity index (χ2n) is 15.8. The van der Waals surface area contributed by atoms with E-state index in [0.717, 1.165) is 94.9 Å². The highest BCUT2D eigenvalue weighted by atomic mass is 16.1. The van der Waals surface area contributed by atoms with Gasteiger partial charge in [0.25, 0.3) is 0 Å². The predicted octanol–water partition coefficient (Wildman–Crippen LogP) is 3.62. The molecular formula is C36H71N7O. The van der Waals surface area contributed by atoms with Gasteiger partial charge in [-0.25, -0.2) is 0 Å². The predicted molar refractivity (Wildman–Crippen MR) is 185 cm³/mol. The van der Waals surface area contributed by atoms with E-state index >= 15 is 0 Å². The van der Waals surface area contributed by atoms with Gasteiger partial charge in [-0.05, 0) is 125 Å². The molecule has 0 bridgehead atoms. The van der Waals surface area contributed by atoms with Gasteiger partial charge in [-0.2, -0.15) is 0 Å². The molecule has 8 nitrogen and oxygen atoms in total. The fourth-order valence-electron chi connectivity index (χ4n) is 10.4. The topological polar surface area (TPSA) is 115 Å². The van der Waals surface area contributed by atoms with Crippen LogP contribution in [0.15, 0.2) is 0 Å². The lowest BCUT2D eigenvalue weighted by molar-refractivity contribution is -0.122. The lowest BCUT2D eigenvalue weighted by Gasteiger charge is -2.61. The second kappa shape index (κ2) is 18.0. The van der Waals surface area contributed by atoms with Crippen LogP contribution in [0.5, 0.6) is 0 Å². The Hall–Kier alpha value is -0.770. The largest absolute Gasteiger partial charge is 0.354 e. The monoisotopic (exact) mass is 618 g/mol. The molecule has 4 saturated carbocycles. The van der Waals surface area contributed by atoms with Crippen LogP contribution in [0.4, 0.5) is 0 Å². The van der Waals surface area contributed by atoms with Gasteiger partial charge in [0.1, 0.15) is 0 Å². The number of amides is 1. The first-order chi connectivity index (χ1) is 21.3. The summed E-state index contributed by atoms with van der Waals surface area (Å²) in [4.78, 5) is 12.2. The number of carbonyl (C=O) groups is 1. The first-order valence-corrected chi connectivity index (χ1v) is 18.8. The highest BCUT2D eigenvalue weighted by Gasteiger charge is 2.59. The van der Waals surface area contributed by atoms with Gasteiger partial charge in [0, 0.05) is 84.0 Å². The van der Waals surface area contributed by atoms with Gasteiger partial charge in [-0.15, -0.1) is 0 Å². The van der Waals surface area contributed by atoms with Gasteiger partial charge >= 0.3 is 0 Å². The summed E-state index contributed by atoms with van der Waals surface area (Å²) in [5.41, 5.74) is 6.55. The molecule has 0 aromatic heterocycles. The number of nitrogens with two attached hydrogens (primary N) is 1. The smallest absolute Gasteiger partial charge is 0.220 e. The molecule has 4 aliphatic rings. The number of nitrogens with one attached hydrogen (secondary N) is 6. The van der Waals surface area contributed by atoms with E-state index in [4.69, 9.17) is 5.73 Å². The van der Waals surface area contributed by atoms with Crippen molar-refractivity contribution in [1.82, 2.24) is 31.9 Å². The summed E-state index contributed by atoms with van der Waals surface area (Å²) in [7, 11) is 0. The minimum Gasteiger partial charge on any atom is -0.354 e. The van der Waals surface area contributed by atoms with Gasteiger partial charge < -0.3 is 37.6 Å². The molecule has 0 heterocycles. The van der Waals surface area contributed by atoms with Crippen LogP contribution in [0, 0.1) is 40.4 Å². The van der Waals surface area contributed by atoms with Crippen molar-refractivity contribution < 1.29 is 4.79 Å². The van der Waals surface area contributed by atoms with Gasteiger partial charge in [-0.1, -0.05) is 13.8 Å². The van der Waals surface area contributed by atoms with Crippen molar-refractivity contribution in [3.63, 3.8) is 0 Å². The summed E-state index contributed by atoms with van der Waals surface area (Å²) in [5, 5.41) is 20.9. The van der Waals surface area contributed by atoms with Crippen molar-refractivity contribution >= 4 is 5.91 Å². The van der Waals surface area contributed by atoms with Crippen molar-refractivity contribution in [3.05, 3.63) is 0 Å². The number of hydrogen-bond acceptors (Lipinski definition) is 7. The van der Waals surface area contributed by atoms with E-state index in [-0.39, 0.29) is 11.9 Å². The van der Waals surface area contributed by atoms with Crippen LogP contribution < -0.4 is 37.6 Å². The summed E-state index contributed by atoms with van der Waals surface area (Å²) >= 11 is 0. The normalized spacial score (nSPS) is 34.9. The molecule has 8 heteroatoms. The van der Waals surface area contributed by atoms with Crippen LogP contribution in [0.25, 0.3) is 0 Å². The molecule has 256 valence electrons. The molecule has 0 radical (unpaired) electrons. The Bertz CT molecular complexity index is 841. The fourth-order valence-corrected chi connectivity index (χ4v) is 10.4. The van der Waals surface area contributed by atoms with Crippen LogP contribution in [0.2, 0.25) is 0 Å². The van der Waals surface area contributed by atoms with E-state index in [0.29, 0.717) is 29.8 Å². The maximum absolute atomic E-state index is 12.2. The van der Waals surface area contributed by atoms with E-state index in [2.05, 4.69) is 59.6 Å². The summed E-state index contributed by atoms with van der Waals surface area (Å²) in [6.45, 7) is 19.3. The zero-order valence-electron chi connectivity index (χ0n) is 29.1. The molecule has 0 aliphatic heterocycles.